The highest BCUT2D eigenvalue weighted by Crippen LogP contribution is 2.36. The molecule has 4 nitrogen and oxygen atoms in total. The molecule has 0 bridgehead atoms. The summed E-state index contributed by atoms with van der Waals surface area (Å²) < 4.78 is 11.9. The van der Waals surface area contributed by atoms with Crippen LogP contribution in [0.4, 0.5) is 0 Å². The fraction of sp³-hybridized carbons (Fsp3) is 0.467. The fourth-order valence-corrected chi connectivity index (χ4v) is 1.78. The molecule has 2 rings (SSSR count). The molecular weight excluding hydrogens is 253 g/mol. The normalized spacial score (nSPS) is 19.3. The van der Waals surface area contributed by atoms with Gasteiger partial charge in [-0.25, -0.2) is 4.98 Å². The van der Waals surface area contributed by atoms with Crippen molar-refractivity contribution in [3.63, 3.8) is 0 Å². The van der Waals surface area contributed by atoms with Crippen LogP contribution in [0.5, 0.6) is 0 Å². The second-order valence-electron chi connectivity index (χ2n) is 5.74. The van der Waals surface area contributed by atoms with E-state index in [1.807, 2.05) is 33.8 Å². The maximum absolute atomic E-state index is 10.2. The molecule has 1 saturated heterocycles. The van der Waals surface area contributed by atoms with Gasteiger partial charge in [-0.05, 0) is 39.7 Å². The monoisotopic (exact) mass is 271 g/mol. The molecule has 1 aromatic heterocycles. The third-order valence-electron chi connectivity index (χ3n) is 3.71. The van der Waals surface area contributed by atoms with Crippen LogP contribution in [0.2, 0.25) is 0 Å². The van der Waals surface area contributed by atoms with Crippen LogP contribution in [0.1, 0.15) is 39.8 Å². The van der Waals surface area contributed by atoms with E-state index < -0.39 is 7.12 Å². The Kier molecular flexibility index (Phi) is 3.98. The number of pyridine rings is 1. The highest BCUT2D eigenvalue weighted by molar-refractivity contribution is 6.62. The van der Waals surface area contributed by atoms with Gasteiger partial charge in [-0.3, -0.25) is 0 Å². The molecule has 104 valence electrons. The molecule has 0 unspecified atom stereocenters. The summed E-state index contributed by atoms with van der Waals surface area (Å²) >= 11 is 0. The molecule has 0 aliphatic carbocycles. The average Bonchev–Trinajstić information content (AvgIpc) is 2.60. The molecular formula is C15H18BNO3. The first-order valence-corrected chi connectivity index (χ1v) is 6.60. The van der Waals surface area contributed by atoms with Gasteiger partial charge in [0.05, 0.1) is 17.6 Å². The summed E-state index contributed by atoms with van der Waals surface area (Å²) in [7, 11) is -0.413. The number of rotatable bonds is 2. The molecule has 5 heteroatoms. The molecule has 2 heterocycles. The standard InChI is InChI=1S/C15H18BNO3/c1-14(2)15(3,4)20-16(19-14)12-8-9-13(17-11-12)7-5-6-10-18/h8-11H,6H2,1-4H3. The van der Waals surface area contributed by atoms with E-state index in [0.29, 0.717) is 5.69 Å². The van der Waals surface area contributed by atoms with Crippen molar-refractivity contribution in [1.82, 2.24) is 4.98 Å². The molecule has 1 aliphatic rings. The largest absolute Gasteiger partial charge is 0.496 e. The Morgan fingerprint density at radius 3 is 2.40 bits per heavy atom. The van der Waals surface area contributed by atoms with E-state index >= 15 is 0 Å². The first-order valence-electron chi connectivity index (χ1n) is 6.60. The lowest BCUT2D eigenvalue weighted by Gasteiger charge is -2.32. The predicted molar refractivity (Wildman–Crippen MR) is 77.5 cm³/mol. The van der Waals surface area contributed by atoms with Gasteiger partial charge < -0.3 is 14.1 Å². The third-order valence-corrected chi connectivity index (χ3v) is 3.71. The second-order valence-corrected chi connectivity index (χ2v) is 5.74. The summed E-state index contributed by atoms with van der Waals surface area (Å²) in [5, 5.41) is 0. The summed E-state index contributed by atoms with van der Waals surface area (Å²) in [5.74, 6) is 5.55. The average molecular weight is 271 g/mol. The minimum atomic E-state index is -0.413. The highest BCUT2D eigenvalue weighted by Gasteiger charge is 2.51. The second kappa shape index (κ2) is 5.39. The summed E-state index contributed by atoms with van der Waals surface area (Å²) in [6, 6.07) is 3.69. The van der Waals surface area contributed by atoms with Crippen molar-refractivity contribution < 1.29 is 14.1 Å². The van der Waals surface area contributed by atoms with Gasteiger partial charge in [0.15, 0.2) is 0 Å². The van der Waals surface area contributed by atoms with E-state index in [0.717, 1.165) is 11.7 Å². The Labute approximate surface area is 120 Å². The van der Waals surface area contributed by atoms with Gasteiger partial charge in [0, 0.05) is 11.7 Å². The van der Waals surface area contributed by atoms with Crippen LogP contribution in [0, 0.1) is 11.8 Å². The van der Waals surface area contributed by atoms with Crippen LogP contribution in [0.25, 0.3) is 0 Å². The van der Waals surface area contributed by atoms with Crippen LogP contribution in [-0.2, 0) is 14.1 Å². The first-order chi connectivity index (χ1) is 9.36. The molecule has 1 fully saturated rings. The van der Waals surface area contributed by atoms with E-state index in [1.165, 1.54) is 0 Å². The van der Waals surface area contributed by atoms with Crippen LogP contribution in [0.15, 0.2) is 18.3 Å². The zero-order valence-electron chi connectivity index (χ0n) is 12.3. The lowest BCUT2D eigenvalue weighted by atomic mass is 9.80. The molecule has 0 radical (unpaired) electrons. The molecule has 1 aromatic rings. The van der Waals surface area contributed by atoms with Gasteiger partial charge in [0.25, 0.3) is 0 Å². The van der Waals surface area contributed by atoms with Crippen molar-refractivity contribution in [2.24, 2.45) is 0 Å². The molecule has 0 spiro atoms. The highest BCUT2D eigenvalue weighted by atomic mass is 16.7. The van der Waals surface area contributed by atoms with E-state index in [9.17, 15) is 4.79 Å². The molecule has 0 N–H and O–H groups in total. The van der Waals surface area contributed by atoms with Crippen LogP contribution >= 0.6 is 0 Å². The molecule has 0 amide bonds. The van der Waals surface area contributed by atoms with Gasteiger partial charge in [-0.1, -0.05) is 12.0 Å². The molecule has 1 aliphatic heterocycles. The van der Waals surface area contributed by atoms with Crippen molar-refractivity contribution >= 4 is 18.9 Å². The predicted octanol–water partition coefficient (Wildman–Crippen LogP) is 1.32. The summed E-state index contributed by atoms with van der Waals surface area (Å²) in [4.78, 5) is 14.4. The van der Waals surface area contributed by atoms with E-state index in [1.54, 1.807) is 12.3 Å². The van der Waals surface area contributed by atoms with Gasteiger partial charge >= 0.3 is 7.12 Å². The Morgan fingerprint density at radius 2 is 1.90 bits per heavy atom. The van der Waals surface area contributed by atoms with Gasteiger partial charge in [0.2, 0.25) is 0 Å². The minimum Gasteiger partial charge on any atom is -0.399 e. The van der Waals surface area contributed by atoms with Gasteiger partial charge in [-0.15, -0.1) is 0 Å². The molecule has 0 atom stereocenters. The number of carbonyl (C=O) groups is 1. The molecule has 0 saturated carbocycles. The Morgan fingerprint density at radius 1 is 1.25 bits per heavy atom. The zero-order chi connectivity index (χ0) is 14.8. The van der Waals surface area contributed by atoms with Crippen molar-refractivity contribution in [3.8, 4) is 11.8 Å². The first kappa shape index (κ1) is 14.8. The SMILES string of the molecule is CC1(C)OB(c2ccc(C#CCC=O)nc2)OC1(C)C. The molecule has 0 aromatic carbocycles. The van der Waals surface area contributed by atoms with Crippen LogP contribution in [0.3, 0.4) is 0 Å². The lowest BCUT2D eigenvalue weighted by Crippen LogP contribution is -2.41. The van der Waals surface area contributed by atoms with Crippen molar-refractivity contribution in [2.45, 2.75) is 45.3 Å². The number of hydrogen-bond acceptors (Lipinski definition) is 4. The number of hydrogen-bond donors (Lipinski definition) is 0. The smallest absolute Gasteiger partial charge is 0.399 e. The van der Waals surface area contributed by atoms with Crippen molar-refractivity contribution in [3.05, 3.63) is 24.0 Å². The Hall–Kier alpha value is -1.64. The van der Waals surface area contributed by atoms with Gasteiger partial charge in [0.1, 0.15) is 12.0 Å². The number of aromatic nitrogens is 1. The van der Waals surface area contributed by atoms with Crippen molar-refractivity contribution in [2.75, 3.05) is 0 Å². The fourth-order valence-electron chi connectivity index (χ4n) is 1.78. The summed E-state index contributed by atoms with van der Waals surface area (Å²) in [6.07, 6.45) is 2.69. The van der Waals surface area contributed by atoms with Crippen molar-refractivity contribution in [1.29, 1.82) is 0 Å². The van der Waals surface area contributed by atoms with Crippen LogP contribution in [-0.4, -0.2) is 29.6 Å². The lowest BCUT2D eigenvalue weighted by molar-refractivity contribution is -0.107. The topological polar surface area (TPSA) is 48.4 Å². The number of nitrogens with zero attached hydrogens (tertiary/aromatic N) is 1. The minimum absolute atomic E-state index is 0.223. The third kappa shape index (κ3) is 2.92. The molecule has 20 heavy (non-hydrogen) atoms. The van der Waals surface area contributed by atoms with Gasteiger partial charge in [-0.2, -0.15) is 0 Å². The maximum Gasteiger partial charge on any atom is 0.496 e. The van der Waals surface area contributed by atoms with Crippen LogP contribution < -0.4 is 5.46 Å². The quantitative estimate of drug-likeness (QED) is 0.462. The number of carbonyl (C=O) groups excluding carboxylic acids is 1. The Bertz CT molecular complexity index is 539. The van der Waals surface area contributed by atoms with E-state index in [2.05, 4.69) is 16.8 Å². The Balaban J connectivity index is 2.13. The maximum atomic E-state index is 10.2. The van der Waals surface area contributed by atoms with E-state index in [-0.39, 0.29) is 17.6 Å². The summed E-state index contributed by atoms with van der Waals surface area (Å²) in [6.45, 7) is 8.05. The zero-order valence-corrected chi connectivity index (χ0v) is 12.3. The van der Waals surface area contributed by atoms with E-state index in [4.69, 9.17) is 9.31 Å². The summed E-state index contributed by atoms with van der Waals surface area (Å²) in [5.41, 5.74) is 0.775. The number of aldehydes is 1.